The number of benzene rings is 2. The molecule has 0 unspecified atom stereocenters. The van der Waals surface area contributed by atoms with Crippen LogP contribution in [0, 0.1) is 5.82 Å². The lowest BCUT2D eigenvalue weighted by Gasteiger charge is -2.25. The van der Waals surface area contributed by atoms with Crippen LogP contribution in [-0.4, -0.2) is 48.0 Å². The second-order valence-electron chi connectivity index (χ2n) is 8.93. The molecule has 3 aromatic rings. The number of amidine groups is 1. The Labute approximate surface area is 208 Å². The first-order valence-corrected chi connectivity index (χ1v) is 14.8. The van der Waals surface area contributed by atoms with Crippen molar-refractivity contribution in [3.8, 4) is 11.3 Å². The number of rotatable bonds is 9. The number of sulfonamides is 2. The van der Waals surface area contributed by atoms with E-state index >= 15 is 0 Å². The summed E-state index contributed by atoms with van der Waals surface area (Å²) in [6.45, 7) is 0.0608. The number of halogens is 1. The molecule has 1 aromatic heterocycles. The van der Waals surface area contributed by atoms with Crippen LogP contribution in [0.3, 0.4) is 0 Å². The summed E-state index contributed by atoms with van der Waals surface area (Å²) in [6, 6.07) is 9.38. The molecule has 5 rings (SSSR count). The van der Waals surface area contributed by atoms with Gasteiger partial charge in [-0.3, -0.25) is 9.14 Å². The first-order chi connectivity index (χ1) is 17.0. The van der Waals surface area contributed by atoms with Crippen LogP contribution < -0.4 is 14.9 Å². The number of hydrogen-bond acceptors (Lipinski definition) is 8. The van der Waals surface area contributed by atoms with Gasteiger partial charge >= 0.3 is 0 Å². The summed E-state index contributed by atoms with van der Waals surface area (Å²) in [7, 11) is -7.49. The minimum atomic E-state index is -3.75. The molecule has 2 heterocycles. The van der Waals surface area contributed by atoms with Crippen LogP contribution in [0.25, 0.3) is 22.3 Å². The molecule has 13 heteroatoms. The summed E-state index contributed by atoms with van der Waals surface area (Å²) < 4.78 is 69.4. The minimum Gasteiger partial charge on any atom is -0.455 e. The van der Waals surface area contributed by atoms with Crippen LogP contribution in [-0.2, 0) is 24.9 Å². The molecule has 0 spiro atoms. The first kappa shape index (κ1) is 24.7. The average Bonchev–Trinajstić information content (AvgIpc) is 3.36. The number of hydroxylamine groups is 1. The number of aliphatic imine (C=N–C) groups is 1. The quantitative estimate of drug-likeness (QED) is 0.428. The molecule has 0 saturated heterocycles. The van der Waals surface area contributed by atoms with Crippen molar-refractivity contribution >= 4 is 42.5 Å². The molecule has 1 fully saturated rings. The Morgan fingerprint density at radius 1 is 1.17 bits per heavy atom. The molecule has 1 saturated carbocycles. The highest BCUT2D eigenvalue weighted by Gasteiger charge is 2.33. The predicted molar refractivity (Wildman–Crippen MR) is 134 cm³/mol. The van der Waals surface area contributed by atoms with E-state index < -0.39 is 25.9 Å². The van der Waals surface area contributed by atoms with Gasteiger partial charge in [0, 0.05) is 23.6 Å². The van der Waals surface area contributed by atoms with Crippen molar-refractivity contribution < 1.29 is 30.5 Å². The van der Waals surface area contributed by atoms with Crippen molar-refractivity contribution in [3.63, 3.8) is 0 Å². The van der Waals surface area contributed by atoms with Gasteiger partial charge in [-0.2, -0.15) is 0 Å². The fourth-order valence-corrected chi connectivity index (χ4v) is 5.87. The third-order valence-electron chi connectivity index (χ3n) is 6.11. The van der Waals surface area contributed by atoms with E-state index in [2.05, 4.69) is 10.5 Å². The highest BCUT2D eigenvalue weighted by atomic mass is 32.2. The van der Waals surface area contributed by atoms with Gasteiger partial charge in [0.1, 0.15) is 17.2 Å². The lowest BCUT2D eigenvalue weighted by atomic mass is 10.00. The van der Waals surface area contributed by atoms with Crippen molar-refractivity contribution in [2.24, 2.45) is 10.1 Å². The smallest absolute Gasteiger partial charge is 0.232 e. The lowest BCUT2D eigenvalue weighted by Crippen LogP contribution is -2.33. The van der Waals surface area contributed by atoms with Crippen LogP contribution in [0.4, 0.5) is 10.1 Å². The summed E-state index contributed by atoms with van der Waals surface area (Å²) >= 11 is 0. The second-order valence-corrected chi connectivity index (χ2v) is 12.6. The van der Waals surface area contributed by atoms with Crippen molar-refractivity contribution in [3.05, 3.63) is 53.3 Å². The molecule has 0 radical (unpaired) electrons. The van der Waals surface area contributed by atoms with Crippen molar-refractivity contribution in [1.82, 2.24) is 5.48 Å². The van der Waals surface area contributed by atoms with Gasteiger partial charge in [-0.25, -0.2) is 36.8 Å². The van der Waals surface area contributed by atoms with Crippen LogP contribution in [0.5, 0.6) is 0 Å². The molecule has 3 N–H and O–H groups in total. The Morgan fingerprint density at radius 3 is 2.47 bits per heavy atom. The zero-order valence-corrected chi connectivity index (χ0v) is 21.0. The molecule has 1 aliphatic carbocycles. The summed E-state index contributed by atoms with van der Waals surface area (Å²) in [5.41, 5.74) is 5.68. The van der Waals surface area contributed by atoms with E-state index in [-0.39, 0.29) is 31.4 Å². The summed E-state index contributed by atoms with van der Waals surface area (Å²) in [5.74, 6) is 0.304. The maximum absolute atomic E-state index is 13.6. The number of nitrogens with zero attached hydrogens (tertiary/aromatic N) is 2. The molecule has 2 aromatic carbocycles. The SMILES string of the molecule is CS(=O)(=O)N(CCCS(N)(=O)=O)c1cc2oc(-c3ccc(F)cc3)c(C3=NCON3)c2cc1C1CC1. The lowest BCUT2D eigenvalue weighted by molar-refractivity contribution is 0.115. The van der Waals surface area contributed by atoms with Gasteiger partial charge in [0.05, 0.1) is 23.3 Å². The number of hydrogen-bond donors (Lipinski definition) is 2. The monoisotopic (exact) mass is 536 g/mol. The van der Waals surface area contributed by atoms with E-state index in [1.54, 1.807) is 18.2 Å². The summed E-state index contributed by atoms with van der Waals surface area (Å²) in [5, 5.41) is 5.82. The highest BCUT2D eigenvalue weighted by molar-refractivity contribution is 7.92. The number of nitrogens with two attached hydrogens (primary N) is 1. The summed E-state index contributed by atoms with van der Waals surface area (Å²) in [6.07, 6.45) is 2.91. The summed E-state index contributed by atoms with van der Waals surface area (Å²) in [4.78, 5) is 9.56. The predicted octanol–water partition coefficient (Wildman–Crippen LogP) is 2.80. The Bertz CT molecular complexity index is 1560. The van der Waals surface area contributed by atoms with Gasteiger partial charge in [-0.1, -0.05) is 0 Å². The standard InChI is InChI=1S/C23H25FN4O6S2/c1-35(29,30)28(9-2-10-36(25,31)32)19-12-20-18(11-17(19)14-3-4-14)21(23-26-13-33-27-23)22(34-20)15-5-7-16(24)8-6-15/h5-8,11-12,14H,2-4,9-10,13H2,1H3,(H,26,27)(H2,25,31,32). The Kier molecular flexibility index (Phi) is 6.27. The first-order valence-electron chi connectivity index (χ1n) is 11.3. The van der Waals surface area contributed by atoms with E-state index in [4.69, 9.17) is 14.4 Å². The largest absolute Gasteiger partial charge is 0.455 e. The molecule has 192 valence electrons. The van der Waals surface area contributed by atoms with E-state index in [9.17, 15) is 21.2 Å². The topological polar surface area (TPSA) is 144 Å². The highest BCUT2D eigenvalue weighted by Crippen LogP contribution is 2.48. The van der Waals surface area contributed by atoms with E-state index in [0.717, 1.165) is 24.7 Å². The normalized spacial score (nSPS) is 16.2. The molecule has 0 bridgehead atoms. The maximum Gasteiger partial charge on any atom is 0.232 e. The van der Waals surface area contributed by atoms with Crippen molar-refractivity contribution in [1.29, 1.82) is 0 Å². The molecule has 0 atom stereocenters. The number of furan rings is 1. The van der Waals surface area contributed by atoms with Gasteiger partial charge in [0.2, 0.25) is 20.0 Å². The molecule has 36 heavy (non-hydrogen) atoms. The zero-order valence-electron chi connectivity index (χ0n) is 19.4. The van der Waals surface area contributed by atoms with Gasteiger partial charge in [-0.05, 0) is 61.1 Å². The van der Waals surface area contributed by atoms with Crippen LogP contribution >= 0.6 is 0 Å². The molecule has 1 aliphatic heterocycles. The Balaban J connectivity index is 1.68. The van der Waals surface area contributed by atoms with Gasteiger partial charge in [-0.15, -0.1) is 0 Å². The van der Waals surface area contributed by atoms with E-state index in [1.165, 1.54) is 16.4 Å². The second kappa shape index (κ2) is 9.14. The number of nitrogens with one attached hydrogen (secondary N) is 1. The average molecular weight is 537 g/mol. The molecular weight excluding hydrogens is 511 g/mol. The van der Waals surface area contributed by atoms with Crippen molar-refractivity contribution in [2.75, 3.05) is 29.6 Å². The van der Waals surface area contributed by atoms with Gasteiger partial charge in [0.15, 0.2) is 12.6 Å². The molecule has 0 amide bonds. The van der Waals surface area contributed by atoms with Crippen LogP contribution in [0.15, 0.2) is 45.8 Å². The molecule has 10 nitrogen and oxygen atoms in total. The van der Waals surface area contributed by atoms with E-state index in [0.29, 0.717) is 39.4 Å². The third-order valence-corrected chi connectivity index (χ3v) is 8.15. The molecule has 2 aliphatic rings. The third kappa shape index (κ3) is 5.09. The number of primary sulfonamides is 1. The van der Waals surface area contributed by atoms with Crippen LogP contribution in [0.1, 0.15) is 36.3 Å². The van der Waals surface area contributed by atoms with Gasteiger partial charge < -0.3 is 4.42 Å². The minimum absolute atomic E-state index is 0.0380. The van der Waals surface area contributed by atoms with E-state index in [1.807, 2.05) is 6.07 Å². The van der Waals surface area contributed by atoms with Gasteiger partial charge in [0.25, 0.3) is 0 Å². The van der Waals surface area contributed by atoms with Crippen LogP contribution in [0.2, 0.25) is 0 Å². The Morgan fingerprint density at radius 2 is 1.89 bits per heavy atom. The molecular formula is C23H25FN4O6S2. The fraction of sp³-hybridized carbons (Fsp3) is 0.348. The number of anilines is 1. The maximum atomic E-state index is 13.6. The number of fused-ring (bicyclic) bond motifs is 1. The zero-order chi connectivity index (χ0) is 25.7. The Hall–Kier alpha value is -3.00. The fourth-order valence-electron chi connectivity index (χ4n) is 4.36. The van der Waals surface area contributed by atoms with Crippen molar-refractivity contribution in [2.45, 2.75) is 25.2 Å².